The van der Waals surface area contributed by atoms with Crippen LogP contribution >= 0.6 is 0 Å². The minimum atomic E-state index is -0.273. The summed E-state index contributed by atoms with van der Waals surface area (Å²) >= 11 is 0. The number of hydrogen-bond donors (Lipinski definition) is 0. The summed E-state index contributed by atoms with van der Waals surface area (Å²) in [4.78, 5) is 19.9. The maximum absolute atomic E-state index is 12.0. The predicted molar refractivity (Wildman–Crippen MR) is 83.6 cm³/mol. The first-order valence-electron chi connectivity index (χ1n) is 7.30. The van der Waals surface area contributed by atoms with E-state index in [1.807, 2.05) is 55.2 Å². The molecule has 1 aromatic heterocycles. The lowest BCUT2D eigenvalue weighted by molar-refractivity contribution is 0.114. The van der Waals surface area contributed by atoms with Gasteiger partial charge in [0.2, 0.25) is 0 Å². The molecule has 1 aliphatic rings. The fraction of sp³-hybridized carbons (Fsp3) is 0.375. The van der Waals surface area contributed by atoms with Gasteiger partial charge in [-0.05, 0) is 19.2 Å². The molecule has 0 bridgehead atoms. The number of anilines is 1. The van der Waals surface area contributed by atoms with Crippen LogP contribution in [0.4, 0.5) is 10.5 Å². The Kier molecular flexibility index (Phi) is 4.11. The number of ether oxygens (including phenoxy) is 1. The quantitative estimate of drug-likeness (QED) is 0.846. The molecule has 0 spiro atoms. The number of hydrogen-bond acceptors (Lipinski definition) is 4. The minimum absolute atomic E-state index is 0.120. The van der Waals surface area contributed by atoms with E-state index in [2.05, 4.69) is 9.88 Å². The zero-order valence-electron chi connectivity index (χ0n) is 12.8. The lowest BCUT2D eigenvalue weighted by Gasteiger charge is -2.19. The van der Waals surface area contributed by atoms with E-state index in [1.165, 1.54) is 0 Å². The van der Waals surface area contributed by atoms with Gasteiger partial charge in [0.15, 0.2) is 0 Å². The Morgan fingerprint density at radius 3 is 2.82 bits per heavy atom. The molecule has 1 amide bonds. The first-order chi connectivity index (χ1) is 10.6. The van der Waals surface area contributed by atoms with Gasteiger partial charge in [0, 0.05) is 32.0 Å². The van der Waals surface area contributed by atoms with Gasteiger partial charge in [0.25, 0.3) is 0 Å². The van der Waals surface area contributed by atoms with Gasteiger partial charge in [0.05, 0.1) is 18.6 Å². The molecular formula is C16H20N4O2. The summed E-state index contributed by atoms with van der Waals surface area (Å²) in [6.07, 6.45) is 3.25. The average molecular weight is 300 g/mol. The molecule has 1 atom stereocenters. The largest absolute Gasteiger partial charge is 0.443 e. The molecule has 0 radical (unpaired) electrons. The van der Waals surface area contributed by atoms with E-state index in [0.29, 0.717) is 13.1 Å². The van der Waals surface area contributed by atoms with E-state index in [-0.39, 0.29) is 12.2 Å². The van der Waals surface area contributed by atoms with Crippen LogP contribution in [-0.2, 0) is 18.3 Å². The SMILES string of the molecule is CN(Cc1cncn1C)CC1CN(c2ccccc2)C(=O)O1. The Morgan fingerprint density at radius 2 is 2.14 bits per heavy atom. The molecule has 1 unspecified atom stereocenters. The van der Waals surface area contributed by atoms with Crippen molar-refractivity contribution < 1.29 is 9.53 Å². The highest BCUT2D eigenvalue weighted by Gasteiger charge is 2.32. The lowest BCUT2D eigenvalue weighted by atomic mass is 10.2. The third-order valence-corrected chi connectivity index (χ3v) is 3.81. The minimum Gasteiger partial charge on any atom is -0.443 e. The van der Waals surface area contributed by atoms with Crippen LogP contribution in [0.2, 0.25) is 0 Å². The molecule has 3 rings (SSSR count). The van der Waals surface area contributed by atoms with Gasteiger partial charge in [-0.1, -0.05) is 18.2 Å². The van der Waals surface area contributed by atoms with Crippen molar-refractivity contribution in [1.82, 2.24) is 14.5 Å². The van der Waals surface area contributed by atoms with E-state index in [9.17, 15) is 4.79 Å². The molecule has 1 fully saturated rings. The Bertz CT molecular complexity index is 641. The zero-order valence-corrected chi connectivity index (χ0v) is 12.8. The third-order valence-electron chi connectivity index (χ3n) is 3.81. The number of rotatable bonds is 5. The molecule has 6 heteroatoms. The molecule has 1 saturated heterocycles. The van der Waals surface area contributed by atoms with Crippen molar-refractivity contribution in [3.63, 3.8) is 0 Å². The molecule has 1 aromatic carbocycles. The van der Waals surface area contributed by atoms with Crippen molar-refractivity contribution in [2.75, 3.05) is 25.0 Å². The van der Waals surface area contributed by atoms with Crippen molar-refractivity contribution in [2.45, 2.75) is 12.6 Å². The van der Waals surface area contributed by atoms with E-state index in [1.54, 1.807) is 11.2 Å². The Labute approximate surface area is 129 Å². The van der Waals surface area contributed by atoms with Crippen LogP contribution < -0.4 is 4.90 Å². The van der Waals surface area contributed by atoms with Crippen LogP contribution in [0.25, 0.3) is 0 Å². The molecule has 22 heavy (non-hydrogen) atoms. The van der Waals surface area contributed by atoms with Gasteiger partial charge in [-0.25, -0.2) is 9.78 Å². The van der Waals surface area contributed by atoms with Crippen LogP contribution in [0, 0.1) is 0 Å². The number of nitrogens with zero attached hydrogens (tertiary/aromatic N) is 4. The summed E-state index contributed by atoms with van der Waals surface area (Å²) in [5, 5.41) is 0. The van der Waals surface area contributed by atoms with Gasteiger partial charge in [-0.15, -0.1) is 0 Å². The van der Waals surface area contributed by atoms with E-state index < -0.39 is 0 Å². The number of carbonyl (C=O) groups excluding carboxylic acids is 1. The van der Waals surface area contributed by atoms with Crippen LogP contribution in [0.5, 0.6) is 0 Å². The highest BCUT2D eigenvalue weighted by Crippen LogP contribution is 2.21. The van der Waals surface area contributed by atoms with Crippen molar-refractivity contribution in [3.8, 4) is 0 Å². The van der Waals surface area contributed by atoms with E-state index >= 15 is 0 Å². The first-order valence-corrected chi connectivity index (χ1v) is 7.30. The second-order valence-electron chi connectivity index (χ2n) is 5.64. The number of imidazole rings is 1. The van der Waals surface area contributed by atoms with E-state index in [0.717, 1.165) is 17.9 Å². The Balaban J connectivity index is 1.58. The fourth-order valence-electron chi connectivity index (χ4n) is 2.66. The van der Waals surface area contributed by atoms with Crippen molar-refractivity contribution in [3.05, 3.63) is 48.5 Å². The number of amides is 1. The number of likely N-dealkylation sites (N-methyl/N-ethyl adjacent to an activating group) is 1. The highest BCUT2D eigenvalue weighted by molar-refractivity contribution is 5.89. The molecule has 2 heterocycles. The zero-order chi connectivity index (χ0) is 15.5. The smallest absolute Gasteiger partial charge is 0.414 e. The van der Waals surface area contributed by atoms with Crippen molar-refractivity contribution in [1.29, 1.82) is 0 Å². The van der Waals surface area contributed by atoms with Crippen LogP contribution in [0.3, 0.4) is 0 Å². The number of aryl methyl sites for hydroxylation is 1. The van der Waals surface area contributed by atoms with Crippen LogP contribution in [0.1, 0.15) is 5.69 Å². The number of para-hydroxylation sites is 1. The van der Waals surface area contributed by atoms with Gasteiger partial charge in [0.1, 0.15) is 6.10 Å². The van der Waals surface area contributed by atoms with Gasteiger partial charge in [-0.2, -0.15) is 0 Å². The van der Waals surface area contributed by atoms with Crippen LogP contribution in [0.15, 0.2) is 42.9 Å². The maximum atomic E-state index is 12.0. The van der Waals surface area contributed by atoms with Crippen molar-refractivity contribution >= 4 is 11.8 Å². The number of cyclic esters (lactones) is 1. The average Bonchev–Trinajstić information content (AvgIpc) is 3.06. The topological polar surface area (TPSA) is 50.6 Å². The maximum Gasteiger partial charge on any atom is 0.414 e. The summed E-state index contributed by atoms with van der Waals surface area (Å²) in [7, 11) is 3.99. The number of aromatic nitrogens is 2. The summed E-state index contributed by atoms with van der Waals surface area (Å²) in [5.41, 5.74) is 2.01. The van der Waals surface area contributed by atoms with Crippen LogP contribution in [-0.4, -0.2) is 46.8 Å². The fourth-order valence-corrected chi connectivity index (χ4v) is 2.66. The predicted octanol–water partition coefficient (Wildman–Crippen LogP) is 1.88. The summed E-state index contributed by atoms with van der Waals surface area (Å²) in [6, 6.07) is 9.62. The summed E-state index contributed by atoms with van der Waals surface area (Å²) < 4.78 is 7.46. The summed E-state index contributed by atoms with van der Waals surface area (Å²) in [6.45, 7) is 2.05. The first kappa shape index (κ1) is 14.6. The number of carbonyl (C=O) groups is 1. The Morgan fingerprint density at radius 1 is 1.36 bits per heavy atom. The van der Waals surface area contributed by atoms with Crippen molar-refractivity contribution in [2.24, 2.45) is 7.05 Å². The summed E-state index contributed by atoms with van der Waals surface area (Å²) in [5.74, 6) is 0. The normalized spacial score (nSPS) is 18.0. The van der Waals surface area contributed by atoms with Gasteiger partial charge in [-0.3, -0.25) is 9.80 Å². The molecule has 116 valence electrons. The highest BCUT2D eigenvalue weighted by atomic mass is 16.6. The standard InChI is InChI=1S/C16H20N4O2/c1-18(9-14-8-17-12-19(14)2)10-15-11-20(16(21)22-15)13-6-4-3-5-7-13/h3-8,12,15H,9-11H2,1-2H3. The van der Waals surface area contributed by atoms with Gasteiger partial charge < -0.3 is 9.30 Å². The monoisotopic (exact) mass is 300 g/mol. The lowest BCUT2D eigenvalue weighted by Crippen LogP contribution is -2.32. The molecule has 2 aromatic rings. The molecule has 0 N–H and O–H groups in total. The molecule has 0 saturated carbocycles. The molecule has 1 aliphatic heterocycles. The third kappa shape index (κ3) is 3.12. The molecule has 0 aliphatic carbocycles. The second-order valence-corrected chi connectivity index (χ2v) is 5.64. The number of benzene rings is 1. The van der Waals surface area contributed by atoms with Gasteiger partial charge >= 0.3 is 6.09 Å². The van der Waals surface area contributed by atoms with E-state index in [4.69, 9.17) is 4.74 Å². The molecular weight excluding hydrogens is 280 g/mol. The molecule has 6 nitrogen and oxygen atoms in total. The Hall–Kier alpha value is -2.34. The second kappa shape index (κ2) is 6.19.